The van der Waals surface area contributed by atoms with Gasteiger partial charge in [0, 0.05) is 6.04 Å². The first-order valence-corrected chi connectivity index (χ1v) is 5.08. The first kappa shape index (κ1) is 12.3. The molecule has 3 heteroatoms. The highest BCUT2D eigenvalue weighted by molar-refractivity contribution is 5.67. The van der Waals surface area contributed by atoms with E-state index in [1.165, 1.54) is 26.4 Å². The van der Waals surface area contributed by atoms with Crippen molar-refractivity contribution >= 4 is 6.09 Å². The molecule has 0 saturated heterocycles. The Bertz CT molecular complexity index is 144. The van der Waals surface area contributed by atoms with Crippen LogP contribution in [0.25, 0.3) is 0 Å². The molecule has 0 spiro atoms. The Morgan fingerprint density at radius 2 is 2.00 bits per heavy atom. The highest BCUT2D eigenvalue weighted by atomic mass is 16.5. The van der Waals surface area contributed by atoms with Gasteiger partial charge in [-0.25, -0.2) is 4.79 Å². The highest BCUT2D eigenvalue weighted by Gasteiger charge is 2.24. The second kappa shape index (κ2) is 6.75. The number of ether oxygens (including phenoxy) is 1. The Kier molecular flexibility index (Phi) is 6.37. The molecular weight excluding hydrogens is 166 g/mol. The lowest BCUT2D eigenvalue weighted by Gasteiger charge is -2.31. The predicted molar refractivity (Wildman–Crippen MR) is 53.7 cm³/mol. The molecule has 13 heavy (non-hydrogen) atoms. The van der Waals surface area contributed by atoms with Crippen molar-refractivity contribution < 1.29 is 9.53 Å². The minimum Gasteiger partial charge on any atom is -0.453 e. The van der Waals surface area contributed by atoms with Gasteiger partial charge in [-0.1, -0.05) is 20.3 Å². The minimum absolute atomic E-state index is 0.274. The molecule has 0 aromatic rings. The van der Waals surface area contributed by atoms with Gasteiger partial charge in [0.05, 0.1) is 7.11 Å². The molecule has 1 aliphatic rings. The standard InChI is InChI=1S/C8H15NO2.C2H6/c1-6(7-4-3-5-7)9-8(10)11-2;1-2/h6-7H,3-5H2,1-2H3,(H,9,10);1-2H3. The quantitative estimate of drug-likeness (QED) is 0.721. The molecular formula is C10H21NO2. The number of hydrogen-bond donors (Lipinski definition) is 1. The molecule has 0 aromatic heterocycles. The van der Waals surface area contributed by atoms with Gasteiger partial charge in [0.15, 0.2) is 0 Å². The van der Waals surface area contributed by atoms with Crippen LogP contribution in [0.4, 0.5) is 4.79 Å². The molecule has 1 atom stereocenters. The van der Waals surface area contributed by atoms with E-state index in [-0.39, 0.29) is 12.1 Å². The molecule has 1 aliphatic carbocycles. The Hall–Kier alpha value is -0.730. The van der Waals surface area contributed by atoms with Gasteiger partial charge in [-0.15, -0.1) is 0 Å². The number of methoxy groups -OCH3 is 1. The summed E-state index contributed by atoms with van der Waals surface area (Å²) in [5.74, 6) is 0.675. The van der Waals surface area contributed by atoms with Gasteiger partial charge in [-0.2, -0.15) is 0 Å². The summed E-state index contributed by atoms with van der Waals surface area (Å²) in [6, 6.07) is 0.274. The van der Waals surface area contributed by atoms with Crippen molar-refractivity contribution in [3.05, 3.63) is 0 Å². The minimum atomic E-state index is -0.315. The van der Waals surface area contributed by atoms with Crippen LogP contribution in [0.1, 0.15) is 40.0 Å². The van der Waals surface area contributed by atoms with Crippen molar-refractivity contribution in [2.45, 2.75) is 46.1 Å². The fourth-order valence-electron chi connectivity index (χ4n) is 1.30. The van der Waals surface area contributed by atoms with Crippen molar-refractivity contribution in [3.63, 3.8) is 0 Å². The molecule has 3 nitrogen and oxygen atoms in total. The average Bonchev–Trinajstić information content (AvgIpc) is 2.04. The number of alkyl carbamates (subject to hydrolysis) is 1. The first-order valence-electron chi connectivity index (χ1n) is 5.08. The molecule has 1 rings (SSSR count). The van der Waals surface area contributed by atoms with E-state index in [4.69, 9.17) is 0 Å². The van der Waals surface area contributed by atoms with Crippen LogP contribution >= 0.6 is 0 Å². The van der Waals surface area contributed by atoms with Crippen molar-refractivity contribution in [2.24, 2.45) is 5.92 Å². The Balaban J connectivity index is 0.000000671. The predicted octanol–water partition coefficient (Wildman–Crippen LogP) is 2.56. The number of carbonyl (C=O) groups is 1. The molecule has 78 valence electrons. The lowest BCUT2D eigenvalue weighted by molar-refractivity contribution is 0.154. The van der Waals surface area contributed by atoms with Crippen molar-refractivity contribution in [1.29, 1.82) is 0 Å². The van der Waals surface area contributed by atoms with Crippen LogP contribution in [0.2, 0.25) is 0 Å². The lowest BCUT2D eigenvalue weighted by atomic mass is 9.80. The van der Waals surface area contributed by atoms with E-state index in [1.807, 2.05) is 20.8 Å². The fraction of sp³-hybridized carbons (Fsp3) is 0.900. The summed E-state index contributed by atoms with van der Waals surface area (Å²) in [4.78, 5) is 10.7. The molecule has 0 bridgehead atoms. The van der Waals surface area contributed by atoms with Crippen molar-refractivity contribution in [2.75, 3.05) is 7.11 Å². The first-order chi connectivity index (χ1) is 6.24. The molecule has 0 radical (unpaired) electrons. The molecule has 1 unspecified atom stereocenters. The molecule has 0 aromatic carbocycles. The summed E-state index contributed by atoms with van der Waals surface area (Å²) in [6.07, 6.45) is 3.47. The zero-order valence-electron chi connectivity index (χ0n) is 9.09. The van der Waals surface area contributed by atoms with E-state index in [0.29, 0.717) is 5.92 Å². The fourth-order valence-corrected chi connectivity index (χ4v) is 1.30. The van der Waals surface area contributed by atoms with Crippen LogP contribution in [0.3, 0.4) is 0 Å². The summed E-state index contributed by atoms with van der Waals surface area (Å²) in [6.45, 7) is 6.03. The third-order valence-electron chi connectivity index (χ3n) is 2.39. The zero-order chi connectivity index (χ0) is 10.3. The maximum absolute atomic E-state index is 10.7. The number of amides is 1. The SMILES string of the molecule is CC.COC(=O)NC(C)C1CCC1. The van der Waals surface area contributed by atoms with E-state index in [9.17, 15) is 4.79 Å². The molecule has 1 saturated carbocycles. The van der Waals surface area contributed by atoms with Gasteiger partial charge < -0.3 is 10.1 Å². The Morgan fingerprint density at radius 3 is 2.31 bits per heavy atom. The van der Waals surface area contributed by atoms with Crippen LogP contribution in [0.15, 0.2) is 0 Å². The third-order valence-corrected chi connectivity index (χ3v) is 2.39. The summed E-state index contributed by atoms with van der Waals surface area (Å²) in [7, 11) is 1.39. The summed E-state index contributed by atoms with van der Waals surface area (Å²) in [5, 5.41) is 2.77. The molecule has 1 N–H and O–H groups in total. The van der Waals surface area contributed by atoms with Gasteiger partial charge in [0.2, 0.25) is 0 Å². The van der Waals surface area contributed by atoms with Crippen LogP contribution in [0, 0.1) is 5.92 Å². The monoisotopic (exact) mass is 187 g/mol. The Morgan fingerprint density at radius 1 is 1.46 bits per heavy atom. The van der Waals surface area contributed by atoms with Gasteiger partial charge >= 0.3 is 6.09 Å². The van der Waals surface area contributed by atoms with Crippen LogP contribution in [-0.4, -0.2) is 19.2 Å². The molecule has 1 fully saturated rings. The third kappa shape index (κ3) is 4.15. The van der Waals surface area contributed by atoms with E-state index in [0.717, 1.165) is 0 Å². The van der Waals surface area contributed by atoms with Crippen LogP contribution in [-0.2, 0) is 4.74 Å². The second-order valence-electron chi connectivity index (χ2n) is 3.12. The molecule has 0 heterocycles. The van der Waals surface area contributed by atoms with E-state index >= 15 is 0 Å². The topological polar surface area (TPSA) is 38.3 Å². The van der Waals surface area contributed by atoms with Crippen LogP contribution < -0.4 is 5.32 Å². The number of rotatable bonds is 2. The maximum atomic E-state index is 10.7. The normalized spacial score (nSPS) is 17.5. The van der Waals surface area contributed by atoms with Gasteiger partial charge in [0.1, 0.15) is 0 Å². The largest absolute Gasteiger partial charge is 0.453 e. The van der Waals surface area contributed by atoms with Gasteiger partial charge in [0.25, 0.3) is 0 Å². The number of hydrogen-bond acceptors (Lipinski definition) is 2. The van der Waals surface area contributed by atoms with Gasteiger partial charge in [-0.3, -0.25) is 0 Å². The highest BCUT2D eigenvalue weighted by Crippen LogP contribution is 2.29. The summed E-state index contributed by atoms with van der Waals surface area (Å²) >= 11 is 0. The average molecular weight is 187 g/mol. The second-order valence-corrected chi connectivity index (χ2v) is 3.12. The number of carbonyl (C=O) groups excluding carboxylic acids is 1. The zero-order valence-corrected chi connectivity index (χ0v) is 9.09. The smallest absolute Gasteiger partial charge is 0.407 e. The molecule has 0 aliphatic heterocycles. The van der Waals surface area contributed by atoms with Crippen LogP contribution in [0.5, 0.6) is 0 Å². The molecule has 1 amide bonds. The van der Waals surface area contributed by atoms with E-state index in [1.54, 1.807) is 0 Å². The van der Waals surface area contributed by atoms with E-state index in [2.05, 4.69) is 10.1 Å². The lowest BCUT2D eigenvalue weighted by Crippen LogP contribution is -2.40. The Labute approximate surface area is 80.8 Å². The van der Waals surface area contributed by atoms with Crippen molar-refractivity contribution in [1.82, 2.24) is 5.32 Å². The van der Waals surface area contributed by atoms with E-state index < -0.39 is 0 Å². The van der Waals surface area contributed by atoms with Crippen molar-refractivity contribution in [3.8, 4) is 0 Å². The van der Waals surface area contributed by atoms with Gasteiger partial charge in [-0.05, 0) is 25.7 Å². The summed E-state index contributed by atoms with van der Waals surface area (Å²) in [5.41, 5.74) is 0. The maximum Gasteiger partial charge on any atom is 0.407 e. The summed E-state index contributed by atoms with van der Waals surface area (Å²) < 4.78 is 4.49. The number of nitrogens with one attached hydrogen (secondary N) is 1.